The molecule has 1 amide bonds. The molecule has 5 nitrogen and oxygen atoms in total. The van der Waals surface area contributed by atoms with Crippen LogP contribution in [0.5, 0.6) is 5.75 Å². The van der Waals surface area contributed by atoms with Crippen molar-refractivity contribution in [1.82, 2.24) is 4.98 Å². The van der Waals surface area contributed by atoms with Crippen LogP contribution in [-0.4, -0.2) is 17.5 Å². The van der Waals surface area contributed by atoms with E-state index in [1.54, 1.807) is 4.90 Å². The van der Waals surface area contributed by atoms with Gasteiger partial charge in [-0.25, -0.2) is 4.98 Å². The Morgan fingerprint density at radius 3 is 2.47 bits per heavy atom. The monoisotopic (exact) mass is 395 g/mol. The Hall–Kier alpha value is -3.86. The van der Waals surface area contributed by atoms with Crippen LogP contribution >= 0.6 is 0 Å². The molecule has 1 atom stereocenters. The van der Waals surface area contributed by atoms with Crippen molar-refractivity contribution in [1.29, 1.82) is 0 Å². The Kier molecular flexibility index (Phi) is 4.56. The Morgan fingerprint density at radius 2 is 1.70 bits per heavy atom. The van der Waals surface area contributed by atoms with Gasteiger partial charge in [0.15, 0.2) is 0 Å². The fourth-order valence-electron chi connectivity index (χ4n) is 3.83. The van der Waals surface area contributed by atoms with E-state index < -0.39 is 0 Å². The minimum Gasteiger partial charge on any atom is -0.494 e. The van der Waals surface area contributed by atoms with Gasteiger partial charge in [0, 0.05) is 11.1 Å². The van der Waals surface area contributed by atoms with E-state index in [4.69, 9.17) is 9.72 Å². The van der Waals surface area contributed by atoms with E-state index in [0.29, 0.717) is 18.0 Å². The zero-order valence-corrected chi connectivity index (χ0v) is 16.6. The molecule has 0 aliphatic carbocycles. The lowest BCUT2D eigenvalue weighted by Crippen LogP contribution is -2.43. The van der Waals surface area contributed by atoms with Gasteiger partial charge in [0.1, 0.15) is 17.7 Å². The van der Waals surface area contributed by atoms with Gasteiger partial charge in [0.05, 0.1) is 17.7 Å². The molecule has 3 aromatic carbocycles. The van der Waals surface area contributed by atoms with Crippen molar-refractivity contribution in [3.63, 3.8) is 0 Å². The lowest BCUT2D eigenvalue weighted by atomic mass is 10.0. The average Bonchev–Trinajstić information content (AvgIpc) is 2.79. The Balaban J connectivity index is 1.64. The standard InChI is InChI=1S/C25H21N3O2/c1-2-30-20-14-12-17(13-15-20)24-27-23-21(16-18-8-6-7-11-22(18)26-23)25(29)28(24)19-9-4-3-5-10-19/h3-16,24H,2H2,1H3,(H,26,27). The highest BCUT2D eigenvalue weighted by molar-refractivity contribution is 6.13. The molecule has 4 aromatic rings. The molecule has 1 unspecified atom stereocenters. The maximum absolute atomic E-state index is 13.6. The fraction of sp³-hybridized carbons (Fsp3) is 0.120. The summed E-state index contributed by atoms with van der Waals surface area (Å²) in [7, 11) is 0. The quantitative estimate of drug-likeness (QED) is 0.502. The van der Waals surface area contributed by atoms with Crippen molar-refractivity contribution in [3.8, 4) is 5.75 Å². The van der Waals surface area contributed by atoms with Crippen molar-refractivity contribution in [2.75, 3.05) is 16.8 Å². The largest absolute Gasteiger partial charge is 0.494 e. The highest BCUT2D eigenvalue weighted by atomic mass is 16.5. The summed E-state index contributed by atoms with van der Waals surface area (Å²) in [5, 5.41) is 4.43. The topological polar surface area (TPSA) is 54.5 Å². The third-order valence-corrected chi connectivity index (χ3v) is 5.25. The minimum absolute atomic E-state index is 0.0768. The number of rotatable bonds is 4. The van der Waals surface area contributed by atoms with Crippen LogP contribution in [0.4, 0.5) is 11.5 Å². The Bertz CT molecular complexity index is 1210. The van der Waals surface area contributed by atoms with E-state index in [2.05, 4.69) is 5.32 Å². The van der Waals surface area contributed by atoms with Gasteiger partial charge in [0.25, 0.3) is 5.91 Å². The number of hydrogen-bond acceptors (Lipinski definition) is 4. The first-order chi connectivity index (χ1) is 14.7. The molecule has 148 valence electrons. The Morgan fingerprint density at radius 1 is 0.967 bits per heavy atom. The van der Waals surface area contributed by atoms with E-state index in [1.165, 1.54) is 0 Å². The number of nitrogens with one attached hydrogen (secondary N) is 1. The summed E-state index contributed by atoms with van der Waals surface area (Å²) in [6.07, 6.45) is -0.378. The number of pyridine rings is 1. The van der Waals surface area contributed by atoms with Crippen LogP contribution in [-0.2, 0) is 0 Å². The van der Waals surface area contributed by atoms with Gasteiger partial charge < -0.3 is 10.1 Å². The summed E-state index contributed by atoms with van der Waals surface area (Å²) < 4.78 is 5.57. The van der Waals surface area contributed by atoms with Gasteiger partial charge in [-0.15, -0.1) is 0 Å². The number of amides is 1. The van der Waals surface area contributed by atoms with Gasteiger partial charge in [-0.2, -0.15) is 0 Å². The van der Waals surface area contributed by atoms with Crippen LogP contribution in [0.2, 0.25) is 0 Å². The second-order valence-electron chi connectivity index (χ2n) is 7.14. The molecule has 1 aliphatic heterocycles. The average molecular weight is 395 g/mol. The zero-order chi connectivity index (χ0) is 20.5. The number of carbonyl (C=O) groups excluding carboxylic acids is 1. The molecule has 1 N–H and O–H groups in total. The molecule has 0 spiro atoms. The van der Waals surface area contributed by atoms with Crippen LogP contribution in [0.3, 0.4) is 0 Å². The van der Waals surface area contributed by atoms with Crippen molar-refractivity contribution < 1.29 is 9.53 Å². The summed E-state index contributed by atoms with van der Waals surface area (Å²) in [6.45, 7) is 2.57. The summed E-state index contributed by atoms with van der Waals surface area (Å²) in [5.41, 5.74) is 3.21. The molecular weight excluding hydrogens is 374 g/mol. The number of anilines is 2. The van der Waals surface area contributed by atoms with E-state index in [1.807, 2.05) is 91.9 Å². The molecule has 0 bridgehead atoms. The first kappa shape index (κ1) is 18.2. The first-order valence-corrected chi connectivity index (χ1v) is 10.0. The predicted octanol–water partition coefficient (Wildman–Crippen LogP) is 5.40. The molecule has 2 heterocycles. The molecule has 5 rings (SSSR count). The maximum Gasteiger partial charge on any atom is 0.264 e. The molecule has 1 aromatic heterocycles. The van der Waals surface area contributed by atoms with Gasteiger partial charge >= 0.3 is 0 Å². The predicted molar refractivity (Wildman–Crippen MR) is 119 cm³/mol. The number of ether oxygens (including phenoxy) is 1. The molecule has 0 saturated carbocycles. The van der Waals surface area contributed by atoms with Gasteiger partial charge in [0.2, 0.25) is 0 Å². The number of benzene rings is 3. The molecule has 0 fully saturated rings. The van der Waals surface area contributed by atoms with Crippen molar-refractivity contribution in [2.45, 2.75) is 13.1 Å². The normalized spacial score (nSPS) is 15.6. The highest BCUT2D eigenvalue weighted by Crippen LogP contribution is 2.37. The summed E-state index contributed by atoms with van der Waals surface area (Å²) in [6, 6.07) is 27.3. The molecule has 0 saturated heterocycles. The van der Waals surface area contributed by atoms with Gasteiger partial charge in [-0.3, -0.25) is 9.69 Å². The summed E-state index contributed by atoms with van der Waals surface area (Å²) in [5.74, 6) is 1.33. The van der Waals surface area contributed by atoms with Crippen molar-refractivity contribution >= 4 is 28.3 Å². The minimum atomic E-state index is -0.378. The van der Waals surface area contributed by atoms with Crippen molar-refractivity contribution in [3.05, 3.63) is 96.1 Å². The first-order valence-electron chi connectivity index (χ1n) is 10.0. The van der Waals surface area contributed by atoms with Crippen LogP contribution in [0, 0.1) is 0 Å². The number of para-hydroxylation sites is 2. The number of hydrogen-bond donors (Lipinski definition) is 1. The lowest BCUT2D eigenvalue weighted by Gasteiger charge is -2.37. The number of nitrogens with zero attached hydrogens (tertiary/aromatic N) is 2. The number of carbonyl (C=O) groups is 1. The fourth-order valence-corrected chi connectivity index (χ4v) is 3.83. The number of aromatic nitrogens is 1. The highest BCUT2D eigenvalue weighted by Gasteiger charge is 2.35. The summed E-state index contributed by atoms with van der Waals surface area (Å²) >= 11 is 0. The van der Waals surface area contributed by atoms with E-state index in [9.17, 15) is 4.79 Å². The van der Waals surface area contributed by atoms with E-state index in [0.717, 1.165) is 27.9 Å². The van der Waals surface area contributed by atoms with Crippen LogP contribution < -0.4 is 15.0 Å². The number of fused-ring (bicyclic) bond motifs is 2. The Labute approximate surface area is 174 Å². The van der Waals surface area contributed by atoms with E-state index >= 15 is 0 Å². The SMILES string of the molecule is CCOc1ccc(C2Nc3nc4ccccc4cc3C(=O)N2c2ccccc2)cc1. The summed E-state index contributed by atoms with van der Waals surface area (Å²) in [4.78, 5) is 20.2. The maximum atomic E-state index is 13.6. The molecule has 0 radical (unpaired) electrons. The molecule has 30 heavy (non-hydrogen) atoms. The van der Waals surface area contributed by atoms with Crippen LogP contribution in [0.25, 0.3) is 10.9 Å². The second kappa shape index (κ2) is 7.52. The third kappa shape index (κ3) is 3.14. The van der Waals surface area contributed by atoms with E-state index in [-0.39, 0.29) is 12.1 Å². The van der Waals surface area contributed by atoms with Crippen molar-refractivity contribution in [2.24, 2.45) is 0 Å². The second-order valence-corrected chi connectivity index (χ2v) is 7.14. The zero-order valence-electron chi connectivity index (χ0n) is 16.6. The third-order valence-electron chi connectivity index (χ3n) is 5.25. The van der Waals surface area contributed by atoms with Gasteiger partial charge in [-0.05, 0) is 48.9 Å². The molecule has 5 heteroatoms. The molecule has 1 aliphatic rings. The van der Waals surface area contributed by atoms with Crippen LogP contribution in [0.15, 0.2) is 84.9 Å². The smallest absolute Gasteiger partial charge is 0.264 e. The van der Waals surface area contributed by atoms with Gasteiger partial charge in [-0.1, -0.05) is 48.5 Å². The molecular formula is C25H21N3O2. The lowest BCUT2D eigenvalue weighted by molar-refractivity contribution is 0.0974. The van der Waals surface area contributed by atoms with Crippen LogP contribution in [0.1, 0.15) is 29.0 Å².